The van der Waals surface area contributed by atoms with E-state index >= 15 is 0 Å². The fourth-order valence-corrected chi connectivity index (χ4v) is 3.89. The Morgan fingerprint density at radius 3 is 2.75 bits per heavy atom. The van der Waals surface area contributed by atoms with E-state index in [2.05, 4.69) is 9.88 Å². The van der Waals surface area contributed by atoms with Crippen LogP contribution in [-0.4, -0.2) is 44.8 Å². The number of ether oxygens (including phenoxy) is 1. The van der Waals surface area contributed by atoms with Crippen molar-refractivity contribution in [3.8, 4) is 5.75 Å². The van der Waals surface area contributed by atoms with Crippen LogP contribution in [0.5, 0.6) is 5.75 Å². The Hall–Kier alpha value is -2.12. The van der Waals surface area contributed by atoms with Gasteiger partial charge >= 0.3 is 0 Å². The molecule has 6 nitrogen and oxygen atoms in total. The molecule has 3 rings (SSSR count). The minimum Gasteiger partial charge on any atom is -0.497 e. The summed E-state index contributed by atoms with van der Waals surface area (Å²) in [5.41, 5.74) is 2.67. The highest BCUT2D eigenvalue weighted by molar-refractivity contribution is 7.92. The van der Waals surface area contributed by atoms with E-state index in [1.807, 2.05) is 36.4 Å². The van der Waals surface area contributed by atoms with Crippen LogP contribution < -0.4 is 9.04 Å². The van der Waals surface area contributed by atoms with Gasteiger partial charge in [-0.15, -0.1) is 0 Å². The fraction of sp³-hybridized carbons (Fsp3) is 0.353. The van der Waals surface area contributed by atoms with Gasteiger partial charge in [-0.25, -0.2) is 8.42 Å². The molecule has 2 heterocycles. The van der Waals surface area contributed by atoms with E-state index in [1.165, 1.54) is 10.6 Å². The molecule has 0 aliphatic carbocycles. The van der Waals surface area contributed by atoms with Crippen LogP contribution >= 0.6 is 0 Å². The topological polar surface area (TPSA) is 62.7 Å². The van der Waals surface area contributed by atoms with Gasteiger partial charge in [0.25, 0.3) is 0 Å². The third-order valence-corrected chi connectivity index (χ3v) is 5.26. The average molecular weight is 347 g/mol. The summed E-state index contributed by atoms with van der Waals surface area (Å²) < 4.78 is 31.0. The molecule has 0 amide bonds. The average Bonchev–Trinajstić information content (AvgIpc) is 2.73. The first-order valence-corrected chi connectivity index (χ1v) is 9.59. The van der Waals surface area contributed by atoms with Crippen LogP contribution in [0.2, 0.25) is 0 Å². The van der Waals surface area contributed by atoms with Gasteiger partial charge in [0.15, 0.2) is 0 Å². The first-order valence-electron chi connectivity index (χ1n) is 7.74. The van der Waals surface area contributed by atoms with Crippen LogP contribution in [0.25, 0.3) is 0 Å². The number of rotatable bonds is 4. The molecule has 7 heteroatoms. The van der Waals surface area contributed by atoms with Crippen molar-refractivity contribution < 1.29 is 13.2 Å². The predicted molar refractivity (Wildman–Crippen MR) is 93.5 cm³/mol. The third kappa shape index (κ3) is 3.68. The van der Waals surface area contributed by atoms with Gasteiger partial charge in [0.2, 0.25) is 10.0 Å². The van der Waals surface area contributed by atoms with Crippen LogP contribution in [0.1, 0.15) is 11.3 Å². The quantitative estimate of drug-likeness (QED) is 0.845. The van der Waals surface area contributed by atoms with Crippen molar-refractivity contribution in [2.24, 2.45) is 0 Å². The normalized spacial score (nSPS) is 15.7. The highest BCUT2D eigenvalue weighted by Gasteiger charge is 2.25. The molecule has 0 spiro atoms. The fourth-order valence-electron chi connectivity index (χ4n) is 2.94. The molecule has 1 aliphatic rings. The van der Waals surface area contributed by atoms with E-state index in [-0.39, 0.29) is 0 Å². The molecule has 0 fully saturated rings. The predicted octanol–water partition coefficient (Wildman–Crippen LogP) is 1.87. The summed E-state index contributed by atoms with van der Waals surface area (Å²) in [5, 5.41) is 0. The minimum atomic E-state index is -3.30. The number of benzene rings is 1. The molecule has 24 heavy (non-hydrogen) atoms. The van der Waals surface area contributed by atoms with Crippen LogP contribution in [0.15, 0.2) is 42.6 Å². The maximum absolute atomic E-state index is 12.1. The summed E-state index contributed by atoms with van der Waals surface area (Å²) in [6, 6.07) is 11.4. The molecule has 1 aliphatic heterocycles. The molecule has 0 bridgehead atoms. The molecule has 0 saturated heterocycles. The first-order chi connectivity index (χ1) is 11.5. The number of aromatic nitrogens is 1. The molecule has 0 atom stereocenters. The van der Waals surface area contributed by atoms with Gasteiger partial charge < -0.3 is 4.74 Å². The number of sulfonamides is 1. The van der Waals surface area contributed by atoms with Gasteiger partial charge in [0.05, 0.1) is 24.7 Å². The van der Waals surface area contributed by atoms with E-state index in [9.17, 15) is 8.42 Å². The highest BCUT2D eigenvalue weighted by Crippen LogP contribution is 2.27. The number of fused-ring (bicyclic) bond motifs is 1. The third-order valence-electron chi connectivity index (χ3n) is 4.08. The molecular weight excluding hydrogens is 326 g/mol. The lowest BCUT2D eigenvalue weighted by atomic mass is 10.1. The van der Waals surface area contributed by atoms with Gasteiger partial charge in [-0.05, 0) is 17.7 Å². The summed E-state index contributed by atoms with van der Waals surface area (Å²) in [6.07, 6.45) is 2.98. The second kappa shape index (κ2) is 6.78. The maximum Gasteiger partial charge on any atom is 0.232 e. The molecule has 128 valence electrons. The van der Waals surface area contributed by atoms with Crippen LogP contribution in [0.4, 0.5) is 5.69 Å². The number of nitrogens with zero attached hydrogens (tertiary/aromatic N) is 3. The van der Waals surface area contributed by atoms with E-state index < -0.39 is 10.0 Å². The zero-order valence-corrected chi connectivity index (χ0v) is 14.7. The molecule has 1 aromatic carbocycles. The van der Waals surface area contributed by atoms with Gasteiger partial charge in [-0.3, -0.25) is 14.2 Å². The Bertz CT molecular complexity index is 823. The van der Waals surface area contributed by atoms with Crippen molar-refractivity contribution in [2.75, 3.05) is 30.8 Å². The Morgan fingerprint density at radius 2 is 2.00 bits per heavy atom. The second-order valence-corrected chi connectivity index (χ2v) is 7.77. The van der Waals surface area contributed by atoms with Gasteiger partial charge in [-0.1, -0.05) is 18.2 Å². The summed E-state index contributed by atoms with van der Waals surface area (Å²) in [6.45, 7) is 2.39. The van der Waals surface area contributed by atoms with Crippen molar-refractivity contribution in [1.82, 2.24) is 9.88 Å². The number of methoxy groups -OCH3 is 1. The molecule has 0 N–H and O–H groups in total. The first kappa shape index (κ1) is 16.7. The van der Waals surface area contributed by atoms with Crippen molar-refractivity contribution in [2.45, 2.75) is 13.1 Å². The Kier molecular flexibility index (Phi) is 4.73. The monoisotopic (exact) mass is 347 g/mol. The van der Waals surface area contributed by atoms with Crippen LogP contribution in [-0.2, 0) is 23.1 Å². The molecule has 0 unspecified atom stereocenters. The number of pyridine rings is 1. The lowest BCUT2D eigenvalue weighted by Gasteiger charge is -2.22. The molecule has 2 aromatic rings. The van der Waals surface area contributed by atoms with Gasteiger partial charge in [-0.2, -0.15) is 0 Å². The lowest BCUT2D eigenvalue weighted by Crippen LogP contribution is -2.35. The van der Waals surface area contributed by atoms with Gasteiger partial charge in [0, 0.05) is 38.4 Å². The summed E-state index contributed by atoms with van der Waals surface area (Å²) in [4.78, 5) is 6.58. The zero-order valence-electron chi connectivity index (χ0n) is 13.8. The number of hydrogen-bond donors (Lipinski definition) is 0. The summed E-state index contributed by atoms with van der Waals surface area (Å²) in [7, 11) is -1.67. The van der Waals surface area contributed by atoms with Crippen molar-refractivity contribution in [3.63, 3.8) is 0 Å². The van der Waals surface area contributed by atoms with Crippen molar-refractivity contribution in [1.29, 1.82) is 0 Å². The van der Waals surface area contributed by atoms with E-state index in [0.717, 1.165) is 22.7 Å². The number of hydrogen-bond acceptors (Lipinski definition) is 5. The maximum atomic E-state index is 12.1. The number of para-hydroxylation sites is 1. The number of anilines is 1. The Labute approximate surface area is 142 Å². The van der Waals surface area contributed by atoms with Crippen molar-refractivity contribution >= 4 is 15.7 Å². The SMILES string of the molecule is COc1ccnc(CN2CCN(S(C)(=O)=O)c3ccccc3C2)c1. The molecule has 0 saturated carbocycles. The molecule has 0 radical (unpaired) electrons. The molecule has 1 aromatic heterocycles. The second-order valence-electron chi connectivity index (χ2n) is 5.86. The van der Waals surface area contributed by atoms with Crippen LogP contribution in [0, 0.1) is 0 Å². The van der Waals surface area contributed by atoms with Crippen LogP contribution in [0.3, 0.4) is 0 Å². The lowest BCUT2D eigenvalue weighted by molar-refractivity contribution is 0.266. The summed E-state index contributed by atoms with van der Waals surface area (Å²) >= 11 is 0. The van der Waals surface area contributed by atoms with Crippen molar-refractivity contribution in [3.05, 3.63) is 53.9 Å². The zero-order chi connectivity index (χ0) is 17.2. The van der Waals surface area contributed by atoms with Gasteiger partial charge in [0.1, 0.15) is 5.75 Å². The van der Waals surface area contributed by atoms with E-state index in [4.69, 9.17) is 4.74 Å². The van der Waals surface area contributed by atoms with E-state index in [1.54, 1.807) is 13.3 Å². The summed E-state index contributed by atoms with van der Waals surface area (Å²) in [5.74, 6) is 0.771. The minimum absolute atomic E-state index is 0.430. The Morgan fingerprint density at radius 1 is 1.21 bits per heavy atom. The van der Waals surface area contributed by atoms with E-state index in [0.29, 0.717) is 26.2 Å². The largest absolute Gasteiger partial charge is 0.497 e. The smallest absolute Gasteiger partial charge is 0.232 e. The Balaban J connectivity index is 1.86. The highest BCUT2D eigenvalue weighted by atomic mass is 32.2. The molecular formula is C17H21N3O3S. The standard InChI is InChI=1S/C17H21N3O3S/c1-23-16-7-8-18-15(11-16)13-19-9-10-20(24(2,21)22)17-6-4-3-5-14(17)12-19/h3-8,11H,9-10,12-13H2,1-2H3.